The molecule has 0 amide bonds. The highest BCUT2D eigenvalue weighted by Crippen LogP contribution is 2.25. The topological polar surface area (TPSA) is 45.0 Å². The predicted octanol–water partition coefficient (Wildman–Crippen LogP) is 2.86. The van der Waals surface area contributed by atoms with Crippen LogP contribution in [-0.2, 0) is 4.74 Å². The Kier molecular flexibility index (Phi) is 5.94. The summed E-state index contributed by atoms with van der Waals surface area (Å²) in [7, 11) is 1.84. The lowest BCUT2D eigenvalue weighted by Gasteiger charge is -2.27. The van der Waals surface area contributed by atoms with Gasteiger partial charge in [-0.3, -0.25) is 0 Å². The van der Waals surface area contributed by atoms with Gasteiger partial charge in [0.2, 0.25) is 0 Å². The molecule has 3 nitrogen and oxygen atoms in total. The molecule has 17 heavy (non-hydrogen) atoms. The van der Waals surface area contributed by atoms with E-state index in [9.17, 15) is 0 Å². The Balaban J connectivity index is 2.14. The molecule has 3 unspecified atom stereocenters. The van der Waals surface area contributed by atoms with E-state index in [0.29, 0.717) is 6.10 Å². The van der Waals surface area contributed by atoms with Crippen LogP contribution in [0, 0.1) is 17.2 Å². The van der Waals surface area contributed by atoms with Crippen LogP contribution in [-0.4, -0.2) is 25.3 Å². The Morgan fingerprint density at radius 3 is 2.82 bits per heavy atom. The molecule has 1 N–H and O–H groups in total. The molecule has 0 aromatic carbocycles. The summed E-state index contributed by atoms with van der Waals surface area (Å²) in [6.45, 7) is 5.04. The van der Waals surface area contributed by atoms with E-state index >= 15 is 0 Å². The van der Waals surface area contributed by atoms with E-state index in [-0.39, 0.29) is 0 Å². The van der Waals surface area contributed by atoms with Crippen LogP contribution in [0.3, 0.4) is 0 Å². The fourth-order valence-electron chi connectivity index (χ4n) is 2.44. The minimum absolute atomic E-state index is 0.400. The van der Waals surface area contributed by atoms with Crippen molar-refractivity contribution in [2.75, 3.05) is 13.7 Å². The van der Waals surface area contributed by atoms with Crippen LogP contribution in [0.1, 0.15) is 52.4 Å². The minimum Gasteiger partial charge on any atom is -0.378 e. The first-order chi connectivity index (χ1) is 8.09. The molecule has 0 aliphatic heterocycles. The maximum atomic E-state index is 9.01. The molecule has 0 bridgehead atoms. The van der Waals surface area contributed by atoms with Crippen molar-refractivity contribution in [2.45, 2.75) is 64.0 Å². The van der Waals surface area contributed by atoms with Crippen molar-refractivity contribution in [3.8, 4) is 6.07 Å². The molecule has 1 saturated carbocycles. The smallest absolute Gasteiger partial charge is 0.103 e. The average molecular weight is 238 g/mol. The van der Waals surface area contributed by atoms with E-state index in [2.05, 4.69) is 18.3 Å². The molecule has 0 heterocycles. The summed E-state index contributed by atoms with van der Waals surface area (Å²) in [6, 6.07) is 2.31. The summed E-state index contributed by atoms with van der Waals surface area (Å²) in [4.78, 5) is 0. The molecule has 1 fully saturated rings. The lowest BCUT2D eigenvalue weighted by atomic mass is 9.89. The van der Waals surface area contributed by atoms with Gasteiger partial charge in [0.05, 0.1) is 12.2 Å². The maximum absolute atomic E-state index is 9.01. The number of nitriles is 1. The minimum atomic E-state index is -0.400. The van der Waals surface area contributed by atoms with Crippen molar-refractivity contribution in [3.63, 3.8) is 0 Å². The maximum Gasteiger partial charge on any atom is 0.103 e. The number of ether oxygens (including phenoxy) is 1. The van der Waals surface area contributed by atoms with Crippen LogP contribution in [0.25, 0.3) is 0 Å². The van der Waals surface area contributed by atoms with Gasteiger partial charge in [-0.15, -0.1) is 0 Å². The van der Waals surface area contributed by atoms with Crippen LogP contribution < -0.4 is 5.32 Å². The van der Waals surface area contributed by atoms with Crippen molar-refractivity contribution >= 4 is 0 Å². The van der Waals surface area contributed by atoms with Crippen LogP contribution in [0.4, 0.5) is 0 Å². The van der Waals surface area contributed by atoms with Gasteiger partial charge in [0.25, 0.3) is 0 Å². The largest absolute Gasteiger partial charge is 0.378 e. The molecule has 98 valence electrons. The zero-order valence-electron chi connectivity index (χ0n) is 11.5. The number of hydrogen-bond acceptors (Lipinski definition) is 3. The molecule has 0 aromatic heterocycles. The molecule has 0 aromatic rings. The van der Waals surface area contributed by atoms with E-state index in [1.807, 2.05) is 14.0 Å². The van der Waals surface area contributed by atoms with Crippen molar-refractivity contribution in [1.29, 1.82) is 5.26 Å². The van der Waals surface area contributed by atoms with Gasteiger partial charge in [-0.2, -0.15) is 5.26 Å². The first kappa shape index (κ1) is 14.5. The van der Waals surface area contributed by atoms with Gasteiger partial charge in [0.1, 0.15) is 5.54 Å². The molecular formula is C14H26N2O. The van der Waals surface area contributed by atoms with Crippen molar-refractivity contribution in [3.05, 3.63) is 0 Å². The summed E-state index contributed by atoms with van der Waals surface area (Å²) < 4.78 is 5.90. The summed E-state index contributed by atoms with van der Waals surface area (Å²) in [5, 5.41) is 12.1. The lowest BCUT2D eigenvalue weighted by Crippen LogP contribution is -2.38. The number of nitrogens with one attached hydrogen (secondary N) is 1. The number of nitrogens with zero attached hydrogens (tertiary/aromatic N) is 1. The van der Waals surface area contributed by atoms with Crippen LogP contribution in [0.2, 0.25) is 0 Å². The second-order valence-corrected chi connectivity index (χ2v) is 5.56. The van der Waals surface area contributed by atoms with Gasteiger partial charge in [-0.1, -0.05) is 19.8 Å². The summed E-state index contributed by atoms with van der Waals surface area (Å²) in [6.07, 6.45) is 7.34. The third kappa shape index (κ3) is 5.06. The lowest BCUT2D eigenvalue weighted by molar-refractivity contribution is 0.0125. The van der Waals surface area contributed by atoms with Crippen LogP contribution in [0.15, 0.2) is 0 Å². The SMILES string of the molecule is CNC(C)(C#N)CCCOC1CCCC(C)C1. The Bertz CT molecular complexity index is 261. The third-order valence-electron chi connectivity index (χ3n) is 3.86. The highest BCUT2D eigenvalue weighted by molar-refractivity contribution is 5.02. The zero-order chi connectivity index (χ0) is 12.7. The molecule has 0 saturated heterocycles. The summed E-state index contributed by atoms with van der Waals surface area (Å²) in [5.74, 6) is 0.815. The highest BCUT2D eigenvalue weighted by Gasteiger charge is 2.22. The Hall–Kier alpha value is -0.590. The van der Waals surface area contributed by atoms with Gasteiger partial charge < -0.3 is 10.1 Å². The quantitative estimate of drug-likeness (QED) is 0.724. The monoisotopic (exact) mass is 238 g/mol. The van der Waals surface area contributed by atoms with E-state index in [1.165, 1.54) is 25.7 Å². The standard InChI is InChI=1S/C14H26N2O/c1-12-6-4-7-13(10-12)17-9-5-8-14(2,11-15)16-3/h12-13,16H,4-10H2,1-3H3. The average Bonchev–Trinajstić information content (AvgIpc) is 2.34. The first-order valence-electron chi connectivity index (χ1n) is 6.81. The summed E-state index contributed by atoms with van der Waals surface area (Å²) in [5.41, 5.74) is -0.400. The van der Waals surface area contributed by atoms with Crippen LogP contribution >= 0.6 is 0 Å². The molecule has 1 aliphatic carbocycles. The first-order valence-corrected chi connectivity index (χ1v) is 6.81. The zero-order valence-corrected chi connectivity index (χ0v) is 11.5. The normalized spacial score (nSPS) is 28.4. The molecule has 0 spiro atoms. The Morgan fingerprint density at radius 1 is 1.47 bits per heavy atom. The van der Waals surface area contributed by atoms with Gasteiger partial charge in [-0.05, 0) is 45.6 Å². The molecule has 3 atom stereocenters. The van der Waals surface area contributed by atoms with Gasteiger partial charge in [0, 0.05) is 6.61 Å². The number of hydrogen-bond donors (Lipinski definition) is 1. The fraction of sp³-hybridized carbons (Fsp3) is 0.929. The van der Waals surface area contributed by atoms with Gasteiger partial charge in [0.15, 0.2) is 0 Å². The Morgan fingerprint density at radius 2 is 2.24 bits per heavy atom. The second-order valence-electron chi connectivity index (χ2n) is 5.56. The van der Waals surface area contributed by atoms with Crippen molar-refractivity contribution in [2.24, 2.45) is 5.92 Å². The molecule has 1 aliphatic rings. The van der Waals surface area contributed by atoms with Crippen LogP contribution in [0.5, 0.6) is 0 Å². The van der Waals surface area contributed by atoms with E-state index in [1.54, 1.807) is 0 Å². The van der Waals surface area contributed by atoms with Gasteiger partial charge in [-0.25, -0.2) is 0 Å². The van der Waals surface area contributed by atoms with Crippen molar-refractivity contribution < 1.29 is 4.74 Å². The van der Waals surface area contributed by atoms with Gasteiger partial charge >= 0.3 is 0 Å². The second kappa shape index (κ2) is 6.98. The molecule has 0 radical (unpaired) electrons. The molecule has 3 heteroatoms. The summed E-state index contributed by atoms with van der Waals surface area (Å²) >= 11 is 0. The third-order valence-corrected chi connectivity index (χ3v) is 3.86. The molecular weight excluding hydrogens is 212 g/mol. The van der Waals surface area contributed by atoms with E-state index < -0.39 is 5.54 Å². The van der Waals surface area contributed by atoms with E-state index in [0.717, 1.165) is 25.4 Å². The fourth-order valence-corrected chi connectivity index (χ4v) is 2.44. The Labute approximate surface area is 106 Å². The predicted molar refractivity (Wildman–Crippen MR) is 69.7 cm³/mol. The van der Waals surface area contributed by atoms with Crippen molar-refractivity contribution in [1.82, 2.24) is 5.32 Å². The highest BCUT2D eigenvalue weighted by atomic mass is 16.5. The van der Waals surface area contributed by atoms with E-state index in [4.69, 9.17) is 10.00 Å². The number of rotatable bonds is 6. The molecule has 1 rings (SSSR count).